The summed E-state index contributed by atoms with van der Waals surface area (Å²) in [4.78, 5) is 0. The number of benzene rings is 4. The molecule has 0 aliphatic carbocycles. The quantitative estimate of drug-likeness (QED) is 0.262. The molecule has 1 fully saturated rings. The number of hydrogen-bond acceptors (Lipinski definition) is 3. The molecule has 0 N–H and O–H groups in total. The van der Waals surface area contributed by atoms with E-state index in [0.717, 1.165) is 33.1 Å². The maximum Gasteiger partial charge on any atom is 0.494 e. The Morgan fingerprint density at radius 1 is 0.629 bits per heavy atom. The Morgan fingerprint density at radius 2 is 1.34 bits per heavy atom. The molecule has 0 bridgehead atoms. The van der Waals surface area contributed by atoms with Crippen LogP contribution in [0.2, 0.25) is 0 Å². The summed E-state index contributed by atoms with van der Waals surface area (Å²) in [5, 5.41) is 4.67. The van der Waals surface area contributed by atoms with Gasteiger partial charge in [0.2, 0.25) is 0 Å². The Kier molecular flexibility index (Phi) is 4.16. The van der Waals surface area contributed by atoms with Crippen LogP contribution in [0.5, 0.6) is 0 Å². The third-order valence-electron chi connectivity index (χ3n) is 7.84. The van der Waals surface area contributed by atoms with Crippen molar-refractivity contribution in [3.63, 3.8) is 0 Å². The van der Waals surface area contributed by atoms with Crippen LogP contribution in [0.25, 0.3) is 49.4 Å². The van der Waals surface area contributed by atoms with Crippen LogP contribution in [0.1, 0.15) is 27.7 Å². The molecule has 0 unspecified atom stereocenters. The Balaban J connectivity index is 1.49. The highest BCUT2D eigenvalue weighted by Gasteiger charge is 2.51. The molecule has 2 aromatic heterocycles. The lowest BCUT2D eigenvalue weighted by Crippen LogP contribution is -2.41. The summed E-state index contributed by atoms with van der Waals surface area (Å²) >= 11 is 0. The highest BCUT2D eigenvalue weighted by atomic mass is 16.7. The van der Waals surface area contributed by atoms with E-state index in [4.69, 9.17) is 13.7 Å². The van der Waals surface area contributed by atoms with Crippen molar-refractivity contribution in [1.82, 2.24) is 4.57 Å². The third-order valence-corrected chi connectivity index (χ3v) is 7.84. The topological polar surface area (TPSA) is 36.5 Å². The SMILES string of the molecule is CC1(C)OB(c2ccc3c(c2)oc2ccc4c(c5ccccc5n4-c4ccccc4)c23)OC1(C)C. The number of fused-ring (bicyclic) bond motifs is 7. The molecule has 1 aliphatic heterocycles. The average Bonchev–Trinajstić information content (AvgIpc) is 3.45. The number of aromatic nitrogens is 1. The molecule has 0 saturated carbocycles. The molecule has 35 heavy (non-hydrogen) atoms. The van der Waals surface area contributed by atoms with Gasteiger partial charge in [-0.2, -0.15) is 0 Å². The van der Waals surface area contributed by atoms with E-state index in [9.17, 15) is 0 Å². The van der Waals surface area contributed by atoms with Gasteiger partial charge < -0.3 is 18.3 Å². The van der Waals surface area contributed by atoms with Gasteiger partial charge in [-0.25, -0.2) is 0 Å². The van der Waals surface area contributed by atoms with Gasteiger partial charge in [0, 0.05) is 27.2 Å². The van der Waals surface area contributed by atoms with Crippen LogP contribution in [0.4, 0.5) is 0 Å². The van der Waals surface area contributed by atoms with Gasteiger partial charge in [-0.05, 0) is 69.6 Å². The van der Waals surface area contributed by atoms with Crippen molar-refractivity contribution in [3.05, 3.63) is 84.9 Å². The van der Waals surface area contributed by atoms with Crippen LogP contribution >= 0.6 is 0 Å². The Labute approximate surface area is 204 Å². The van der Waals surface area contributed by atoms with Crippen molar-refractivity contribution in [2.45, 2.75) is 38.9 Å². The van der Waals surface area contributed by atoms with Crippen LogP contribution in [0, 0.1) is 0 Å². The van der Waals surface area contributed by atoms with Crippen LogP contribution in [0.15, 0.2) is 89.3 Å². The van der Waals surface area contributed by atoms with Crippen molar-refractivity contribution in [2.75, 3.05) is 0 Å². The molecule has 4 aromatic carbocycles. The van der Waals surface area contributed by atoms with Gasteiger partial charge in [0.25, 0.3) is 0 Å². The highest BCUT2D eigenvalue weighted by molar-refractivity contribution is 6.62. The summed E-state index contributed by atoms with van der Waals surface area (Å²) in [6, 6.07) is 29.7. The molecule has 0 spiro atoms. The summed E-state index contributed by atoms with van der Waals surface area (Å²) in [5.41, 5.74) is 5.43. The van der Waals surface area contributed by atoms with E-state index in [1.165, 1.54) is 21.8 Å². The predicted molar refractivity (Wildman–Crippen MR) is 144 cm³/mol. The second-order valence-electron chi connectivity index (χ2n) is 10.5. The number of hydrogen-bond donors (Lipinski definition) is 0. The summed E-state index contributed by atoms with van der Waals surface area (Å²) in [6.45, 7) is 8.30. The smallest absolute Gasteiger partial charge is 0.456 e. The minimum absolute atomic E-state index is 0.383. The van der Waals surface area contributed by atoms with Crippen LogP contribution < -0.4 is 5.46 Å². The number of para-hydroxylation sites is 2. The molecule has 5 heteroatoms. The van der Waals surface area contributed by atoms with E-state index >= 15 is 0 Å². The number of furan rings is 1. The normalized spacial score (nSPS) is 17.3. The first-order valence-corrected chi connectivity index (χ1v) is 12.1. The Hall–Kier alpha value is -3.54. The fraction of sp³-hybridized carbons (Fsp3) is 0.200. The molecule has 1 aliphatic rings. The van der Waals surface area contributed by atoms with Gasteiger partial charge in [-0.1, -0.05) is 48.5 Å². The molecule has 1 saturated heterocycles. The third kappa shape index (κ3) is 2.89. The van der Waals surface area contributed by atoms with E-state index in [1.807, 2.05) is 0 Å². The standard InChI is InChI=1S/C30H26BNO3/c1-29(2)30(3,4)35-31(34-29)19-14-15-22-26(18-19)33-25-17-16-24-27(28(22)25)21-12-8-9-13-23(21)32(24)20-10-6-5-7-11-20/h5-18H,1-4H3. The number of nitrogens with zero attached hydrogens (tertiary/aromatic N) is 1. The Bertz CT molecular complexity index is 1740. The van der Waals surface area contributed by atoms with Crippen molar-refractivity contribution >= 4 is 56.3 Å². The first-order valence-electron chi connectivity index (χ1n) is 12.1. The van der Waals surface area contributed by atoms with E-state index in [2.05, 4.69) is 117 Å². The average molecular weight is 459 g/mol. The largest absolute Gasteiger partial charge is 0.494 e. The molecule has 0 radical (unpaired) electrons. The van der Waals surface area contributed by atoms with Crippen molar-refractivity contribution in [3.8, 4) is 5.69 Å². The van der Waals surface area contributed by atoms with Gasteiger partial charge in [-0.3, -0.25) is 0 Å². The summed E-state index contributed by atoms with van der Waals surface area (Å²) in [6.07, 6.45) is 0. The van der Waals surface area contributed by atoms with Crippen molar-refractivity contribution in [2.24, 2.45) is 0 Å². The Morgan fingerprint density at radius 3 is 2.11 bits per heavy atom. The minimum Gasteiger partial charge on any atom is -0.456 e. The zero-order chi connectivity index (χ0) is 23.9. The first kappa shape index (κ1) is 20.8. The molecular formula is C30H26BNO3. The zero-order valence-electron chi connectivity index (χ0n) is 20.3. The fourth-order valence-electron chi connectivity index (χ4n) is 5.32. The van der Waals surface area contributed by atoms with Crippen LogP contribution in [-0.2, 0) is 9.31 Å². The summed E-state index contributed by atoms with van der Waals surface area (Å²) in [7, 11) is -0.419. The highest BCUT2D eigenvalue weighted by Crippen LogP contribution is 2.41. The second kappa shape index (κ2) is 7.00. The minimum atomic E-state index is -0.419. The first-order chi connectivity index (χ1) is 16.8. The van der Waals surface area contributed by atoms with Crippen LogP contribution in [0.3, 0.4) is 0 Å². The lowest BCUT2D eigenvalue weighted by molar-refractivity contribution is 0.00578. The lowest BCUT2D eigenvalue weighted by Gasteiger charge is -2.32. The van der Waals surface area contributed by atoms with Gasteiger partial charge in [0.15, 0.2) is 0 Å². The van der Waals surface area contributed by atoms with Gasteiger partial charge in [0.05, 0.1) is 22.2 Å². The van der Waals surface area contributed by atoms with E-state index in [-0.39, 0.29) is 11.2 Å². The molecule has 0 atom stereocenters. The molecule has 3 heterocycles. The van der Waals surface area contributed by atoms with E-state index < -0.39 is 7.12 Å². The zero-order valence-corrected chi connectivity index (χ0v) is 20.3. The second-order valence-corrected chi connectivity index (χ2v) is 10.5. The summed E-state index contributed by atoms with van der Waals surface area (Å²) in [5.74, 6) is 0. The number of rotatable bonds is 2. The molecule has 4 nitrogen and oxygen atoms in total. The van der Waals surface area contributed by atoms with Crippen LogP contribution in [-0.4, -0.2) is 22.9 Å². The van der Waals surface area contributed by atoms with Gasteiger partial charge >= 0.3 is 7.12 Å². The molecule has 6 aromatic rings. The van der Waals surface area contributed by atoms with E-state index in [0.29, 0.717) is 0 Å². The maximum atomic E-state index is 6.41. The molecule has 7 rings (SSSR count). The lowest BCUT2D eigenvalue weighted by atomic mass is 9.79. The van der Waals surface area contributed by atoms with Gasteiger partial charge in [0.1, 0.15) is 11.2 Å². The van der Waals surface area contributed by atoms with Crippen molar-refractivity contribution in [1.29, 1.82) is 0 Å². The van der Waals surface area contributed by atoms with Crippen molar-refractivity contribution < 1.29 is 13.7 Å². The predicted octanol–water partition coefficient (Wildman–Crippen LogP) is 6.98. The summed E-state index contributed by atoms with van der Waals surface area (Å²) < 4.78 is 21.3. The fourth-order valence-corrected chi connectivity index (χ4v) is 5.32. The molecule has 0 amide bonds. The molecule has 172 valence electrons. The van der Waals surface area contributed by atoms with E-state index in [1.54, 1.807) is 0 Å². The monoisotopic (exact) mass is 459 g/mol. The molecular weight excluding hydrogens is 433 g/mol. The van der Waals surface area contributed by atoms with Gasteiger partial charge in [-0.15, -0.1) is 0 Å². The maximum absolute atomic E-state index is 6.41.